The number of hydrogen-bond acceptors (Lipinski definition) is 23. The topological polar surface area (TPSA) is 520 Å². The van der Waals surface area contributed by atoms with E-state index in [1.165, 1.54) is 127 Å². The number of nitrogens with zero attached hydrogens (tertiary/aromatic N) is 6. The molecule has 615 valence electrons. The molecule has 0 unspecified atom stereocenters. The number of nitrogen functional groups attached to an aromatic ring is 1. The van der Waals surface area contributed by atoms with Crippen molar-refractivity contribution in [3.63, 3.8) is 0 Å². The van der Waals surface area contributed by atoms with E-state index in [0.717, 1.165) is 0 Å². The fraction of sp³-hybridized carbons (Fsp3) is 0.113. The van der Waals surface area contributed by atoms with Gasteiger partial charge in [-0.15, -0.1) is 47.3 Å². The van der Waals surface area contributed by atoms with Gasteiger partial charge in [0.2, 0.25) is 0 Å². The average molecular weight is 2130 g/mol. The predicted molar refractivity (Wildman–Crippen MR) is 459 cm³/mol. The van der Waals surface area contributed by atoms with Gasteiger partial charge in [-0.2, -0.15) is 42.1 Å². The maximum absolute atomic E-state index is 12.2. The van der Waals surface area contributed by atoms with E-state index < -0.39 is 59.6 Å². The molecule has 0 saturated heterocycles. The number of ether oxygens (including phenoxy) is 5. The van der Waals surface area contributed by atoms with Crippen LogP contribution in [0.3, 0.4) is 0 Å². The van der Waals surface area contributed by atoms with Crippen molar-refractivity contribution in [1.82, 2.24) is 0 Å². The smallest absolute Gasteiger partial charge is 0.731 e. The number of hydrogen-bond donors (Lipinski definition) is 11. The van der Waals surface area contributed by atoms with E-state index in [1.54, 1.807) is 71.5 Å². The third-order valence-electron chi connectivity index (χ3n) is 11.2. The molecule has 0 aliphatic carbocycles. The first-order valence-corrected chi connectivity index (χ1v) is 42.8. The molecule has 0 aromatic heterocycles. The minimum atomic E-state index is -4.59. The number of halogens is 7. The van der Waals surface area contributed by atoms with E-state index in [-0.39, 0.29) is 176 Å². The summed E-state index contributed by atoms with van der Waals surface area (Å²) < 4.78 is 197. The Bertz CT molecular complexity index is 5300. The summed E-state index contributed by atoms with van der Waals surface area (Å²) in [6.45, 7) is 40.6. The van der Waals surface area contributed by atoms with E-state index in [4.69, 9.17) is 107 Å². The number of nitrogens with two attached hydrogens (primary N) is 1. The van der Waals surface area contributed by atoms with Gasteiger partial charge in [0.05, 0.1) is 120 Å². The Morgan fingerprint density at radius 1 is 0.436 bits per heavy atom. The summed E-state index contributed by atoms with van der Waals surface area (Å²) in [6.07, 6.45) is 0. The molecule has 117 heavy (non-hydrogen) atoms. The van der Waals surface area contributed by atoms with Crippen LogP contribution in [-0.4, -0.2) is 144 Å². The van der Waals surface area contributed by atoms with Crippen molar-refractivity contribution < 1.29 is 167 Å². The molecule has 0 spiro atoms. The second-order valence-electron chi connectivity index (χ2n) is 18.7. The van der Waals surface area contributed by atoms with Crippen molar-refractivity contribution in [3.8, 4) is 34.5 Å². The largest absolute Gasteiger partial charge is 1.00 e. The van der Waals surface area contributed by atoms with Crippen LogP contribution in [0.15, 0.2) is 167 Å². The normalized spacial score (nSPS) is 9.66. The SMILES string of the molecule is BrB(Br)Br.C.C.O=CO[O-].O=S(=O)(O)Cl.[C-]#[N+]c1ccc(N)c(OC)c1.[C-]#[N+]c1ccc(NS(=O)(=O)Cl)c(OC)c1.[C-]#[N+]c1ccc(NS(=O)(=O)Nc2ccccc2Br)c(O)c1.[C-]#[N+]c1ccc(NS(=O)(=O)Nc2ccccc2Br)c(OC)c1.[C-]#[N+]c1ccc(NS(=O)(=O)O)c(OC)c1.[C-]#[N+]c1ccc(NS(=O)(=O)[O-])c(OC)c1.[Na+].[Na+].[Na]. The number of nitrogens with one attached hydrogen (secondary N) is 7. The number of phenols is 1. The van der Waals surface area contributed by atoms with Gasteiger partial charge < -0.3 is 49.2 Å². The van der Waals surface area contributed by atoms with Crippen molar-refractivity contribution >= 4 is 279 Å². The Morgan fingerprint density at radius 3 is 0.932 bits per heavy atom. The summed E-state index contributed by atoms with van der Waals surface area (Å²) in [5, 5.41) is 18.1. The molecule has 8 rings (SSSR count). The van der Waals surface area contributed by atoms with Crippen LogP contribution in [0.2, 0.25) is 0 Å². The number of methoxy groups -OCH3 is 5. The third kappa shape index (κ3) is 54.7. The Kier molecular flexibility index (Phi) is 63.3. The van der Waals surface area contributed by atoms with Crippen LogP contribution in [0.25, 0.3) is 29.1 Å². The first-order chi connectivity index (χ1) is 52.2. The van der Waals surface area contributed by atoms with Crippen LogP contribution in [0.4, 0.5) is 79.6 Å². The van der Waals surface area contributed by atoms with Gasteiger partial charge in [-0.05, 0) is 129 Å². The number of rotatable bonds is 20. The molecule has 12 N–H and O–H groups in total. The number of benzene rings is 8. The first kappa shape index (κ1) is 121. The molecule has 0 bridgehead atoms. The van der Waals surface area contributed by atoms with Crippen molar-refractivity contribution in [2.75, 3.05) is 74.3 Å². The monoisotopic (exact) mass is 2120 g/mol. The Morgan fingerprint density at radius 2 is 0.675 bits per heavy atom. The van der Waals surface area contributed by atoms with Crippen molar-refractivity contribution in [2.24, 2.45) is 0 Å². The summed E-state index contributed by atoms with van der Waals surface area (Å²) in [4.78, 5) is 30.3. The molecule has 0 heterocycles. The molecule has 0 fully saturated rings. The van der Waals surface area contributed by atoms with E-state index in [1.807, 2.05) is 4.72 Å². The van der Waals surface area contributed by atoms with E-state index in [0.29, 0.717) is 60.2 Å². The van der Waals surface area contributed by atoms with Crippen molar-refractivity contribution in [3.05, 3.63) is 235 Å². The second kappa shape index (κ2) is 61.3. The van der Waals surface area contributed by atoms with Crippen LogP contribution in [0.5, 0.6) is 34.5 Å². The molecule has 0 aliphatic heterocycles. The van der Waals surface area contributed by atoms with Gasteiger partial charge in [-0.3, -0.25) is 47.0 Å². The minimum Gasteiger partial charge on any atom is -0.731 e. The fourth-order valence-corrected chi connectivity index (χ4v) is 11.5. The number of anilines is 8. The zero-order chi connectivity index (χ0) is 85.8. The Labute approximate surface area is 794 Å². The maximum atomic E-state index is 12.2. The molecule has 8 aromatic carbocycles. The molecular weight excluding hydrogens is 2070 g/mol. The molecule has 38 nitrogen and oxygen atoms in total. The predicted octanol–water partition coefficient (Wildman–Crippen LogP) is 9.32. The van der Waals surface area contributed by atoms with Gasteiger partial charge in [0.25, 0.3) is 6.47 Å². The number of carbonyl (C=O) groups excluding carboxylic acids is 1. The van der Waals surface area contributed by atoms with Crippen LogP contribution in [0.1, 0.15) is 14.9 Å². The molecule has 0 saturated carbocycles. The molecule has 0 aliphatic rings. The summed E-state index contributed by atoms with van der Waals surface area (Å²) >= 11 is 15.8. The van der Waals surface area contributed by atoms with Crippen LogP contribution in [-0.2, 0) is 69.3 Å². The molecule has 0 amide bonds. The quantitative estimate of drug-likeness (QED) is 0.00389. The van der Waals surface area contributed by atoms with Crippen LogP contribution >= 0.6 is 100 Å². The summed E-state index contributed by atoms with van der Waals surface area (Å²) in [5.41, 5.74) is 9.44. The zero-order valence-electron chi connectivity index (χ0n) is 59.9. The molecule has 55 heteroatoms. The van der Waals surface area contributed by atoms with Gasteiger partial charge in [0, 0.05) is 59.9 Å². The molecular formula is C62H62BBr5Cl2N14Na3O24S6. The molecule has 8 aromatic rings. The van der Waals surface area contributed by atoms with Gasteiger partial charge in [-0.25, -0.2) is 37.5 Å². The van der Waals surface area contributed by atoms with Gasteiger partial charge in [0.15, 0.2) is 44.4 Å². The van der Waals surface area contributed by atoms with Gasteiger partial charge in [-0.1, -0.05) is 75.5 Å². The number of aromatic hydroxyl groups is 1. The molecule has 1 radical (unpaired) electrons. The van der Waals surface area contributed by atoms with Gasteiger partial charge >= 0.3 is 112 Å². The summed E-state index contributed by atoms with van der Waals surface area (Å²) in [7, 11) is -8.73. The van der Waals surface area contributed by atoms with E-state index >= 15 is 0 Å². The van der Waals surface area contributed by atoms with Crippen molar-refractivity contribution in [2.45, 2.75) is 14.9 Å². The zero-order valence-corrected chi connectivity index (χ0v) is 80.3. The van der Waals surface area contributed by atoms with Crippen LogP contribution < -0.4 is 127 Å². The third-order valence-corrected chi connectivity index (χ3v) is 16.2. The molecule has 0 atom stereocenters. The van der Waals surface area contributed by atoms with Gasteiger partial charge in [0.1, 0.15) is 34.5 Å². The Balaban J connectivity index is -0.000000307. The first-order valence-electron chi connectivity index (χ1n) is 28.0. The standard InChI is InChI=1S/C14H12BrN3O3S.C13H10BrN3O3S.C8H7ClN2O3S.2C8H8N2O4S.C8H8N2O.CH2O3.2CH4.BBr3.ClHO3S.3Na/c1-16-10-7-8-13(14(9-10)21-2)18-22(19,20)17-12-6-4-3-5-11(12)15;1-15-9-6-7-12(13(18)8-9)17-21(19,20)16-11-5-3-2-4-10(11)14;1-10-6-3-4-7(8(5-6)14-2)11-15(9,12)13;2*1-9-6-3-4-7(8(5-6)14-2)10-15(11,12)13;1-10-6-3-4-7(9)8(5-6)11-2;2-1-4-3;;;2-1(3)4;1-5(2,3)4;;;/h3-9,17-18H,2H3;2-8,16-18H;3-5,11H,2H3;2*3-5,10H,2H3,(H,11,12,13);3-5H,9H2,2H3;1,3H;2*1H4;;(H,2,3,4);;;/q;;;;;;;;;;;;2*+1/p-2. The summed E-state index contributed by atoms with van der Waals surface area (Å²) in [6, 6.07) is 39.2. The fourth-order valence-electron chi connectivity index (χ4n) is 6.90. The summed E-state index contributed by atoms with van der Waals surface area (Å²) in [5.74, 6) is 1.04. The maximum Gasteiger partial charge on any atom is 1.00 e. The number of phenolic OH excluding ortho intramolecular Hbond substituents is 1. The minimum absolute atomic E-state index is 0. The Hall–Kier alpha value is -7.05. The average Bonchev–Trinajstić information content (AvgIpc) is 0.845. The van der Waals surface area contributed by atoms with E-state index in [9.17, 15) is 51.7 Å². The number of carbonyl (C=O) groups is 1. The van der Waals surface area contributed by atoms with E-state index in [2.05, 4.69) is 147 Å². The number of para-hydroxylation sites is 2. The van der Waals surface area contributed by atoms with Crippen LogP contribution in [0, 0.1) is 39.4 Å². The van der Waals surface area contributed by atoms with Crippen molar-refractivity contribution in [1.29, 1.82) is 0 Å². The second-order valence-corrected chi connectivity index (χ2v) is 36.3.